The Kier molecular flexibility index (Phi) is 4.10. The normalized spacial score (nSPS) is 10.3. The molecule has 0 aliphatic rings. The molecule has 5 heteroatoms. The zero-order valence-corrected chi connectivity index (χ0v) is 12.9. The van der Waals surface area contributed by atoms with Crippen molar-refractivity contribution in [2.45, 2.75) is 0 Å². The monoisotopic (exact) mass is 308 g/mol. The summed E-state index contributed by atoms with van der Waals surface area (Å²) >= 11 is 0. The fraction of sp³-hybridized carbons (Fsp3) is 0.111. The van der Waals surface area contributed by atoms with Crippen LogP contribution in [0.25, 0.3) is 10.9 Å². The van der Waals surface area contributed by atoms with Gasteiger partial charge in [-0.3, -0.25) is 9.78 Å². The molecule has 2 aromatic carbocycles. The van der Waals surface area contributed by atoms with E-state index in [1.165, 1.54) is 7.11 Å². The highest BCUT2D eigenvalue weighted by molar-refractivity contribution is 6.14. The number of aromatic nitrogens is 1. The van der Waals surface area contributed by atoms with Crippen molar-refractivity contribution in [3.05, 3.63) is 60.3 Å². The lowest BCUT2D eigenvalue weighted by Crippen LogP contribution is -2.14. The number of ether oxygens (including phenoxy) is 2. The standard InChI is InChI=1S/C18H16N2O3/c1-22-13-7-5-6-12(10-13)20-18(21)17-14-8-3-4-9-15(14)19-11-16(17)23-2/h3-11H,1-2H3,(H,20,21). The van der Waals surface area contributed by atoms with Crippen LogP contribution in [0.5, 0.6) is 11.5 Å². The quantitative estimate of drug-likeness (QED) is 0.801. The van der Waals surface area contributed by atoms with Crippen molar-refractivity contribution in [3.8, 4) is 11.5 Å². The maximum atomic E-state index is 12.7. The van der Waals surface area contributed by atoms with Crippen LogP contribution in [0, 0.1) is 0 Å². The summed E-state index contributed by atoms with van der Waals surface area (Å²) in [6.07, 6.45) is 1.56. The number of anilines is 1. The van der Waals surface area contributed by atoms with Crippen molar-refractivity contribution in [2.75, 3.05) is 19.5 Å². The topological polar surface area (TPSA) is 60.5 Å². The number of para-hydroxylation sites is 1. The fourth-order valence-electron chi connectivity index (χ4n) is 2.41. The molecule has 0 spiro atoms. The molecule has 0 fully saturated rings. The Labute approximate surface area is 133 Å². The lowest BCUT2D eigenvalue weighted by Gasteiger charge is -2.12. The van der Waals surface area contributed by atoms with E-state index in [1.807, 2.05) is 36.4 Å². The van der Waals surface area contributed by atoms with Crippen molar-refractivity contribution in [2.24, 2.45) is 0 Å². The molecule has 0 saturated carbocycles. The number of pyridine rings is 1. The first kappa shape index (κ1) is 14.8. The Morgan fingerprint density at radius 2 is 1.87 bits per heavy atom. The van der Waals surface area contributed by atoms with Crippen LogP contribution in [0.15, 0.2) is 54.7 Å². The number of rotatable bonds is 4. The largest absolute Gasteiger partial charge is 0.497 e. The van der Waals surface area contributed by atoms with Gasteiger partial charge in [-0.2, -0.15) is 0 Å². The number of fused-ring (bicyclic) bond motifs is 1. The van der Waals surface area contributed by atoms with Gasteiger partial charge < -0.3 is 14.8 Å². The van der Waals surface area contributed by atoms with Crippen molar-refractivity contribution >= 4 is 22.5 Å². The minimum absolute atomic E-state index is 0.256. The highest BCUT2D eigenvalue weighted by Gasteiger charge is 2.17. The minimum atomic E-state index is -0.256. The van der Waals surface area contributed by atoms with Gasteiger partial charge in [0.2, 0.25) is 0 Å². The number of carbonyl (C=O) groups is 1. The molecule has 0 bridgehead atoms. The van der Waals surface area contributed by atoms with E-state index in [9.17, 15) is 4.79 Å². The zero-order chi connectivity index (χ0) is 16.2. The van der Waals surface area contributed by atoms with E-state index in [0.29, 0.717) is 22.7 Å². The molecule has 0 aliphatic heterocycles. The van der Waals surface area contributed by atoms with Gasteiger partial charge in [-0.25, -0.2) is 0 Å². The third kappa shape index (κ3) is 2.94. The lowest BCUT2D eigenvalue weighted by molar-refractivity contribution is 0.102. The van der Waals surface area contributed by atoms with Crippen LogP contribution in [0.4, 0.5) is 5.69 Å². The average Bonchev–Trinajstić information content (AvgIpc) is 2.60. The molecule has 116 valence electrons. The van der Waals surface area contributed by atoms with Gasteiger partial charge in [0, 0.05) is 17.1 Å². The number of amides is 1. The minimum Gasteiger partial charge on any atom is -0.497 e. The van der Waals surface area contributed by atoms with E-state index in [4.69, 9.17) is 9.47 Å². The second-order valence-corrected chi connectivity index (χ2v) is 4.90. The van der Waals surface area contributed by atoms with E-state index in [0.717, 1.165) is 10.9 Å². The van der Waals surface area contributed by atoms with Crippen LogP contribution in [-0.2, 0) is 0 Å². The molecule has 1 aromatic heterocycles. The molecule has 1 amide bonds. The van der Waals surface area contributed by atoms with Crippen LogP contribution in [0.3, 0.4) is 0 Å². The summed E-state index contributed by atoms with van der Waals surface area (Å²) in [6, 6.07) is 14.7. The van der Waals surface area contributed by atoms with Crippen molar-refractivity contribution < 1.29 is 14.3 Å². The molecule has 0 radical (unpaired) electrons. The third-order valence-electron chi connectivity index (χ3n) is 3.52. The number of carbonyl (C=O) groups excluding carboxylic acids is 1. The van der Waals surface area contributed by atoms with E-state index < -0.39 is 0 Å². The highest BCUT2D eigenvalue weighted by Crippen LogP contribution is 2.27. The summed E-state index contributed by atoms with van der Waals surface area (Å²) in [5.74, 6) is 0.854. The number of hydrogen-bond acceptors (Lipinski definition) is 4. The molecule has 3 aromatic rings. The fourth-order valence-corrected chi connectivity index (χ4v) is 2.41. The van der Waals surface area contributed by atoms with Gasteiger partial charge in [-0.1, -0.05) is 24.3 Å². The molecule has 23 heavy (non-hydrogen) atoms. The van der Waals surface area contributed by atoms with Crippen LogP contribution in [-0.4, -0.2) is 25.1 Å². The molecule has 1 N–H and O–H groups in total. The van der Waals surface area contributed by atoms with Crippen molar-refractivity contribution in [1.82, 2.24) is 4.98 Å². The predicted molar refractivity (Wildman–Crippen MR) is 89.2 cm³/mol. The molecule has 0 saturated heterocycles. The van der Waals surface area contributed by atoms with Crippen molar-refractivity contribution in [1.29, 1.82) is 0 Å². The molecule has 5 nitrogen and oxygen atoms in total. The first-order valence-corrected chi connectivity index (χ1v) is 7.10. The number of benzene rings is 2. The van der Waals surface area contributed by atoms with Crippen molar-refractivity contribution in [3.63, 3.8) is 0 Å². The van der Waals surface area contributed by atoms with Gasteiger partial charge in [-0.15, -0.1) is 0 Å². The van der Waals surface area contributed by atoms with Crippen LogP contribution in [0.2, 0.25) is 0 Å². The Morgan fingerprint density at radius 3 is 2.65 bits per heavy atom. The predicted octanol–water partition coefficient (Wildman–Crippen LogP) is 3.50. The Morgan fingerprint density at radius 1 is 1.04 bits per heavy atom. The summed E-state index contributed by atoms with van der Waals surface area (Å²) in [4.78, 5) is 17.1. The van der Waals surface area contributed by atoms with Gasteiger partial charge in [0.15, 0.2) is 5.75 Å². The van der Waals surface area contributed by atoms with Gasteiger partial charge in [0.05, 0.1) is 31.5 Å². The van der Waals surface area contributed by atoms with E-state index in [2.05, 4.69) is 10.3 Å². The summed E-state index contributed by atoms with van der Waals surface area (Å²) < 4.78 is 10.5. The smallest absolute Gasteiger partial charge is 0.260 e. The van der Waals surface area contributed by atoms with Gasteiger partial charge in [0.1, 0.15) is 5.75 Å². The van der Waals surface area contributed by atoms with E-state index in [-0.39, 0.29) is 5.91 Å². The average molecular weight is 308 g/mol. The number of nitrogens with zero attached hydrogens (tertiary/aromatic N) is 1. The van der Waals surface area contributed by atoms with E-state index in [1.54, 1.807) is 25.4 Å². The number of methoxy groups -OCH3 is 2. The first-order valence-electron chi connectivity index (χ1n) is 7.10. The van der Waals surface area contributed by atoms with Crippen LogP contribution < -0.4 is 14.8 Å². The second-order valence-electron chi connectivity index (χ2n) is 4.90. The molecular weight excluding hydrogens is 292 g/mol. The molecule has 1 heterocycles. The first-order chi connectivity index (χ1) is 11.2. The molecule has 3 rings (SSSR count). The molecule has 0 aliphatic carbocycles. The summed E-state index contributed by atoms with van der Waals surface area (Å²) in [7, 11) is 3.11. The molecular formula is C18H16N2O3. The number of nitrogens with one attached hydrogen (secondary N) is 1. The highest BCUT2D eigenvalue weighted by atomic mass is 16.5. The van der Waals surface area contributed by atoms with Gasteiger partial charge in [0.25, 0.3) is 5.91 Å². The SMILES string of the molecule is COc1cccc(NC(=O)c2c(OC)cnc3ccccc23)c1. The maximum absolute atomic E-state index is 12.7. The molecule has 0 atom stereocenters. The van der Waals surface area contributed by atoms with Gasteiger partial charge in [-0.05, 0) is 18.2 Å². The summed E-state index contributed by atoms with van der Waals surface area (Å²) in [5, 5.41) is 3.62. The summed E-state index contributed by atoms with van der Waals surface area (Å²) in [6.45, 7) is 0. The molecule has 0 unspecified atom stereocenters. The lowest BCUT2D eigenvalue weighted by atomic mass is 10.1. The van der Waals surface area contributed by atoms with Crippen LogP contribution in [0.1, 0.15) is 10.4 Å². The Hall–Kier alpha value is -3.08. The second kappa shape index (κ2) is 6.36. The summed E-state index contributed by atoms with van der Waals surface area (Å²) in [5.41, 5.74) is 1.85. The Bertz CT molecular complexity index is 862. The maximum Gasteiger partial charge on any atom is 0.260 e. The Balaban J connectivity index is 2.02. The number of hydrogen-bond donors (Lipinski definition) is 1. The van der Waals surface area contributed by atoms with Crippen LogP contribution >= 0.6 is 0 Å². The van der Waals surface area contributed by atoms with E-state index >= 15 is 0 Å². The third-order valence-corrected chi connectivity index (χ3v) is 3.52. The van der Waals surface area contributed by atoms with Gasteiger partial charge >= 0.3 is 0 Å². The zero-order valence-electron chi connectivity index (χ0n) is 12.9.